The van der Waals surface area contributed by atoms with Crippen molar-refractivity contribution in [1.82, 2.24) is 9.97 Å². The minimum absolute atomic E-state index is 0.0296. The average molecular weight is 429 g/mol. The first-order valence-corrected chi connectivity index (χ1v) is 10.4. The van der Waals surface area contributed by atoms with Gasteiger partial charge in [0, 0.05) is 39.2 Å². The Kier molecular flexibility index (Phi) is 3.13. The second kappa shape index (κ2) is 7.59. The van der Waals surface area contributed by atoms with Crippen LogP contribution in [0.25, 0.3) is 33.3 Å². The van der Waals surface area contributed by atoms with E-state index in [1.54, 1.807) is 50.2 Å². The minimum atomic E-state index is -2.53. The molecule has 3 aromatic heterocycles. The zero-order valence-corrected chi connectivity index (χ0v) is 18.2. The summed E-state index contributed by atoms with van der Waals surface area (Å²) in [5.74, 6) is 0. The van der Waals surface area contributed by atoms with Gasteiger partial charge in [0.2, 0.25) is 5.71 Å². The Balaban J connectivity index is 1.72. The summed E-state index contributed by atoms with van der Waals surface area (Å²) < 4.78 is 71.9. The number of furan rings is 1. The maximum absolute atomic E-state index is 9.12. The number of rotatable bonds is 4. The molecular weight excluding hydrogens is 392 g/mol. The third-order valence-corrected chi connectivity index (χ3v) is 5.73. The number of aryl methyl sites for hydroxylation is 3. The van der Waals surface area contributed by atoms with E-state index in [0.29, 0.717) is 38.7 Å². The number of nitrogens with zero attached hydrogens (tertiary/aromatic N) is 2. The van der Waals surface area contributed by atoms with Crippen molar-refractivity contribution >= 4 is 22.1 Å². The van der Waals surface area contributed by atoms with Gasteiger partial charge in [-0.1, -0.05) is 55.8 Å². The predicted molar refractivity (Wildman–Crippen MR) is 132 cm³/mol. The molecule has 0 amide bonds. The third kappa shape index (κ3) is 3.58. The van der Waals surface area contributed by atoms with Crippen LogP contribution in [0.5, 0.6) is 0 Å². The fraction of sp³-hybridized carbons (Fsp3) is 0.241. The first-order chi connectivity index (χ1) is 18.5. The largest absolute Gasteiger partial charge is 0.437 e. The van der Waals surface area contributed by atoms with E-state index in [-0.39, 0.29) is 17.0 Å². The molecular formula is C29H28N2O. The van der Waals surface area contributed by atoms with E-state index in [9.17, 15) is 0 Å². The number of aromatic nitrogens is 2. The molecule has 3 nitrogen and oxygen atoms in total. The first-order valence-electron chi connectivity index (χ1n) is 14.4. The Morgan fingerprint density at radius 1 is 1.00 bits per heavy atom. The molecule has 0 spiro atoms. The van der Waals surface area contributed by atoms with Gasteiger partial charge in [-0.05, 0) is 73.4 Å². The molecule has 0 atom stereocenters. The van der Waals surface area contributed by atoms with Gasteiger partial charge in [0.05, 0.1) is 5.69 Å². The summed E-state index contributed by atoms with van der Waals surface area (Å²) in [5, 5.41) is 1.34. The van der Waals surface area contributed by atoms with Gasteiger partial charge in [0.15, 0.2) is 0 Å². The molecule has 0 aliphatic rings. The Hall–Kier alpha value is -3.46. The zero-order chi connectivity index (χ0) is 29.3. The van der Waals surface area contributed by atoms with Crippen LogP contribution in [0.1, 0.15) is 52.8 Å². The summed E-state index contributed by atoms with van der Waals surface area (Å²) in [6, 6.07) is 17.3. The van der Waals surface area contributed by atoms with Crippen molar-refractivity contribution in [3.8, 4) is 11.3 Å². The molecule has 3 heteroatoms. The number of hydrogen-bond donors (Lipinski definition) is 0. The average Bonchev–Trinajstić information content (AvgIpc) is 3.25. The van der Waals surface area contributed by atoms with Crippen LogP contribution in [0, 0.1) is 20.6 Å². The molecule has 0 bridgehead atoms. The standard InChI is InChI=1S/C29H28N2O/c1-18-9-12-21(13-10-18)16-29(4,5)25-15-26(30-17-19(25)2)24-8-6-7-22-23-14-11-20(3)31-28(23)32-27(22)24/h6-15,17H,16H2,1-5H3/i2D3,3D3,16D2. The summed E-state index contributed by atoms with van der Waals surface area (Å²) >= 11 is 0. The summed E-state index contributed by atoms with van der Waals surface area (Å²) in [7, 11) is 0. The Labute approximate surface area is 200 Å². The second-order valence-electron chi connectivity index (χ2n) is 8.56. The quantitative estimate of drug-likeness (QED) is 0.298. The molecule has 5 rings (SSSR count). The molecule has 3 heterocycles. The molecule has 160 valence electrons. The van der Waals surface area contributed by atoms with Gasteiger partial charge < -0.3 is 4.42 Å². The molecule has 0 fully saturated rings. The summed E-state index contributed by atoms with van der Waals surface area (Å²) in [6.07, 6.45) is -0.641. The van der Waals surface area contributed by atoms with Crippen molar-refractivity contribution in [1.29, 1.82) is 0 Å². The van der Waals surface area contributed by atoms with E-state index in [4.69, 9.17) is 15.4 Å². The summed E-state index contributed by atoms with van der Waals surface area (Å²) in [4.78, 5) is 8.70. The molecule has 5 aromatic rings. The van der Waals surface area contributed by atoms with Crippen LogP contribution in [-0.4, -0.2) is 9.97 Å². The van der Waals surface area contributed by atoms with Gasteiger partial charge in [0.1, 0.15) is 5.58 Å². The van der Waals surface area contributed by atoms with Gasteiger partial charge in [-0.2, -0.15) is 0 Å². The molecule has 0 saturated heterocycles. The fourth-order valence-electron chi connectivity index (χ4n) is 4.07. The molecule has 0 saturated carbocycles. The van der Waals surface area contributed by atoms with E-state index >= 15 is 0 Å². The molecule has 0 aliphatic carbocycles. The lowest BCUT2D eigenvalue weighted by atomic mass is 9.77. The van der Waals surface area contributed by atoms with E-state index in [0.717, 1.165) is 5.56 Å². The van der Waals surface area contributed by atoms with Crippen LogP contribution in [0.15, 0.2) is 71.3 Å². The lowest BCUT2D eigenvalue weighted by molar-refractivity contribution is 0.518. The SMILES string of the molecule is [2H]C([2H])([2H])c1ccc2c(n1)oc1c(-c3cc(C(C)(C)C([2H])([2H])c4ccc(C)cc4)c(C([2H])([2H])[2H])cn3)cccc12. The van der Waals surface area contributed by atoms with Gasteiger partial charge in [-0.15, -0.1) is 0 Å². The zero-order valence-electron chi connectivity index (χ0n) is 26.2. The Morgan fingerprint density at radius 2 is 1.84 bits per heavy atom. The normalized spacial score (nSPS) is 17.0. The van der Waals surface area contributed by atoms with Crippen molar-refractivity contribution in [3.63, 3.8) is 0 Å². The van der Waals surface area contributed by atoms with Gasteiger partial charge in [-0.25, -0.2) is 4.98 Å². The summed E-state index contributed by atoms with van der Waals surface area (Å²) in [6.45, 7) is 0.402. The van der Waals surface area contributed by atoms with Gasteiger partial charge in [-0.3, -0.25) is 4.98 Å². The van der Waals surface area contributed by atoms with E-state index in [1.165, 1.54) is 12.3 Å². The second-order valence-corrected chi connectivity index (χ2v) is 8.56. The highest BCUT2D eigenvalue weighted by Gasteiger charge is 2.25. The smallest absolute Gasteiger partial charge is 0.227 e. The Bertz CT molecular complexity index is 1730. The van der Waals surface area contributed by atoms with Crippen LogP contribution in [0.4, 0.5) is 0 Å². The number of pyridine rings is 2. The first kappa shape index (κ1) is 13.2. The molecule has 0 unspecified atom stereocenters. The van der Waals surface area contributed by atoms with Crippen molar-refractivity contribution in [2.24, 2.45) is 0 Å². The van der Waals surface area contributed by atoms with Crippen LogP contribution >= 0.6 is 0 Å². The molecule has 0 aliphatic heterocycles. The van der Waals surface area contributed by atoms with Gasteiger partial charge >= 0.3 is 0 Å². The van der Waals surface area contributed by atoms with Gasteiger partial charge in [0.25, 0.3) is 0 Å². The van der Waals surface area contributed by atoms with E-state index < -0.39 is 25.5 Å². The predicted octanol–water partition coefficient (Wildman–Crippen LogP) is 7.49. The number of fused-ring (bicyclic) bond motifs is 3. The maximum atomic E-state index is 9.12. The molecule has 0 radical (unpaired) electrons. The van der Waals surface area contributed by atoms with Crippen LogP contribution < -0.4 is 0 Å². The lowest BCUT2D eigenvalue weighted by Gasteiger charge is -2.28. The number of para-hydroxylation sites is 1. The third-order valence-electron chi connectivity index (χ3n) is 5.73. The maximum Gasteiger partial charge on any atom is 0.227 e. The highest BCUT2D eigenvalue weighted by molar-refractivity contribution is 6.08. The van der Waals surface area contributed by atoms with Crippen molar-refractivity contribution in [3.05, 3.63) is 94.8 Å². The molecule has 2 aromatic carbocycles. The number of hydrogen-bond acceptors (Lipinski definition) is 3. The highest BCUT2D eigenvalue weighted by Crippen LogP contribution is 2.37. The molecule has 32 heavy (non-hydrogen) atoms. The fourth-order valence-corrected chi connectivity index (χ4v) is 4.07. The van der Waals surface area contributed by atoms with Crippen LogP contribution in [-0.2, 0) is 11.8 Å². The van der Waals surface area contributed by atoms with E-state index in [1.807, 2.05) is 25.1 Å². The highest BCUT2D eigenvalue weighted by atomic mass is 16.3. The van der Waals surface area contributed by atoms with Crippen LogP contribution in [0.3, 0.4) is 0 Å². The van der Waals surface area contributed by atoms with Crippen molar-refractivity contribution < 1.29 is 15.4 Å². The Morgan fingerprint density at radius 3 is 2.62 bits per heavy atom. The van der Waals surface area contributed by atoms with Crippen molar-refractivity contribution in [2.75, 3.05) is 0 Å². The topological polar surface area (TPSA) is 38.9 Å². The number of benzene rings is 2. The lowest BCUT2D eigenvalue weighted by Crippen LogP contribution is -2.22. The minimum Gasteiger partial charge on any atom is -0.437 e. The van der Waals surface area contributed by atoms with Crippen LogP contribution in [0.2, 0.25) is 0 Å². The van der Waals surface area contributed by atoms with E-state index in [2.05, 4.69) is 9.97 Å². The summed E-state index contributed by atoms with van der Waals surface area (Å²) in [5.41, 5.74) is 1.90. The molecule has 0 N–H and O–H groups in total. The van der Waals surface area contributed by atoms with Crippen molar-refractivity contribution in [2.45, 2.75) is 46.3 Å². The monoisotopic (exact) mass is 428 g/mol.